The van der Waals surface area contributed by atoms with Crippen LogP contribution in [-0.4, -0.2) is 23.1 Å². The molecule has 0 atom stereocenters. The monoisotopic (exact) mass is 237 g/mol. The molecule has 3 heteroatoms. The third-order valence-electron chi connectivity index (χ3n) is 2.52. The fourth-order valence-electron chi connectivity index (χ4n) is 1.84. The lowest BCUT2D eigenvalue weighted by atomic mass is 10.0. The minimum absolute atomic E-state index is 0.266. The van der Waals surface area contributed by atoms with Gasteiger partial charge >= 0.3 is 6.09 Å². The number of carbonyl (C=O) groups is 1. The summed E-state index contributed by atoms with van der Waals surface area (Å²) in [6.45, 7) is 12.5. The third kappa shape index (κ3) is 3.91. The number of nitrogens with zero attached hydrogens (tertiary/aromatic N) is 1. The van der Waals surface area contributed by atoms with Gasteiger partial charge in [-0.2, -0.15) is 0 Å². The molecule has 0 N–H and O–H groups in total. The van der Waals surface area contributed by atoms with Gasteiger partial charge in [-0.05, 0) is 45.6 Å². The van der Waals surface area contributed by atoms with Crippen LogP contribution in [0.2, 0.25) is 0 Å². The van der Waals surface area contributed by atoms with Gasteiger partial charge in [0.15, 0.2) is 0 Å². The number of allylic oxidation sites excluding steroid dienone is 2. The van der Waals surface area contributed by atoms with E-state index in [1.807, 2.05) is 26.8 Å². The van der Waals surface area contributed by atoms with Gasteiger partial charge in [0.2, 0.25) is 0 Å². The van der Waals surface area contributed by atoms with Crippen LogP contribution >= 0.6 is 0 Å². The second-order valence-corrected chi connectivity index (χ2v) is 5.34. The maximum absolute atomic E-state index is 12.1. The van der Waals surface area contributed by atoms with Crippen LogP contribution in [-0.2, 0) is 4.74 Å². The third-order valence-corrected chi connectivity index (χ3v) is 2.52. The molecule has 1 amide bonds. The predicted molar refractivity (Wildman–Crippen MR) is 69.7 cm³/mol. The number of carbonyl (C=O) groups excluding carboxylic acids is 1. The molecule has 0 saturated carbocycles. The summed E-state index contributed by atoms with van der Waals surface area (Å²) in [6.07, 6.45) is 4.60. The highest BCUT2D eigenvalue weighted by Crippen LogP contribution is 2.27. The number of hydrogen-bond acceptors (Lipinski definition) is 2. The van der Waals surface area contributed by atoms with E-state index in [1.54, 1.807) is 4.90 Å². The van der Waals surface area contributed by atoms with E-state index in [-0.39, 0.29) is 6.09 Å². The predicted octanol–water partition coefficient (Wildman–Crippen LogP) is 3.87. The molecule has 1 aliphatic rings. The summed E-state index contributed by atoms with van der Waals surface area (Å²) < 4.78 is 5.41. The van der Waals surface area contributed by atoms with E-state index in [9.17, 15) is 4.79 Å². The van der Waals surface area contributed by atoms with Crippen molar-refractivity contribution in [2.45, 2.75) is 52.6 Å². The maximum Gasteiger partial charge on any atom is 0.414 e. The molecule has 1 saturated heterocycles. The Hall–Kier alpha value is -1.25. The van der Waals surface area contributed by atoms with Crippen molar-refractivity contribution in [3.05, 3.63) is 23.9 Å². The van der Waals surface area contributed by atoms with Crippen LogP contribution in [0.4, 0.5) is 4.79 Å². The van der Waals surface area contributed by atoms with Gasteiger partial charge in [-0.3, -0.25) is 4.90 Å². The van der Waals surface area contributed by atoms with Gasteiger partial charge < -0.3 is 4.74 Å². The van der Waals surface area contributed by atoms with Crippen LogP contribution in [0.25, 0.3) is 0 Å². The molecule has 1 rings (SSSR count). The summed E-state index contributed by atoms with van der Waals surface area (Å²) in [4.78, 5) is 13.8. The molecule has 0 aromatic rings. The van der Waals surface area contributed by atoms with Crippen molar-refractivity contribution in [1.82, 2.24) is 4.90 Å². The van der Waals surface area contributed by atoms with Gasteiger partial charge in [-0.1, -0.05) is 19.6 Å². The second kappa shape index (κ2) is 5.39. The minimum atomic E-state index is -0.451. The Labute approximate surface area is 104 Å². The number of ether oxygens (including phenoxy) is 1. The Balaban J connectivity index is 2.83. The molecule has 0 aromatic heterocycles. The van der Waals surface area contributed by atoms with Crippen molar-refractivity contribution in [1.29, 1.82) is 0 Å². The average molecular weight is 237 g/mol. The Morgan fingerprint density at radius 2 is 2.18 bits per heavy atom. The van der Waals surface area contributed by atoms with Crippen molar-refractivity contribution in [3.63, 3.8) is 0 Å². The fraction of sp³-hybridized carbons (Fsp3) is 0.643. The van der Waals surface area contributed by atoms with E-state index in [0.29, 0.717) is 0 Å². The van der Waals surface area contributed by atoms with Crippen molar-refractivity contribution in [2.24, 2.45) is 0 Å². The van der Waals surface area contributed by atoms with E-state index in [0.717, 1.165) is 37.1 Å². The molecular formula is C14H23NO2. The summed E-state index contributed by atoms with van der Waals surface area (Å²) in [5, 5.41) is 0. The summed E-state index contributed by atoms with van der Waals surface area (Å²) in [5.74, 6) is 0. The largest absolute Gasteiger partial charge is 0.443 e. The van der Waals surface area contributed by atoms with E-state index < -0.39 is 5.60 Å². The lowest BCUT2D eigenvalue weighted by molar-refractivity contribution is 0.0303. The first kappa shape index (κ1) is 13.8. The topological polar surface area (TPSA) is 29.5 Å². The first-order valence-corrected chi connectivity index (χ1v) is 6.24. The Morgan fingerprint density at radius 1 is 1.53 bits per heavy atom. The van der Waals surface area contributed by atoms with Crippen LogP contribution in [0, 0.1) is 0 Å². The summed E-state index contributed by atoms with van der Waals surface area (Å²) >= 11 is 0. The summed E-state index contributed by atoms with van der Waals surface area (Å²) in [5.41, 5.74) is 1.52. The first-order valence-electron chi connectivity index (χ1n) is 6.24. The van der Waals surface area contributed by atoms with E-state index >= 15 is 0 Å². The van der Waals surface area contributed by atoms with Crippen LogP contribution < -0.4 is 0 Å². The highest BCUT2D eigenvalue weighted by atomic mass is 16.6. The van der Waals surface area contributed by atoms with Crippen molar-refractivity contribution < 1.29 is 9.53 Å². The fourth-order valence-corrected chi connectivity index (χ4v) is 1.84. The van der Waals surface area contributed by atoms with Crippen LogP contribution in [0.5, 0.6) is 0 Å². The first-order chi connectivity index (χ1) is 7.85. The molecule has 1 fully saturated rings. The molecule has 0 aromatic carbocycles. The molecule has 1 aliphatic heterocycles. The normalized spacial score (nSPS) is 19.6. The van der Waals surface area contributed by atoms with Gasteiger partial charge in [0.05, 0.1) is 0 Å². The van der Waals surface area contributed by atoms with E-state index in [4.69, 9.17) is 4.74 Å². The van der Waals surface area contributed by atoms with Gasteiger partial charge in [0.25, 0.3) is 0 Å². The quantitative estimate of drug-likeness (QED) is 0.693. The van der Waals surface area contributed by atoms with Crippen molar-refractivity contribution in [2.75, 3.05) is 6.54 Å². The van der Waals surface area contributed by atoms with Crippen LogP contribution in [0.15, 0.2) is 23.9 Å². The molecule has 0 bridgehead atoms. The average Bonchev–Trinajstić information content (AvgIpc) is 2.18. The van der Waals surface area contributed by atoms with Gasteiger partial charge in [0.1, 0.15) is 5.60 Å². The minimum Gasteiger partial charge on any atom is -0.443 e. The maximum atomic E-state index is 12.1. The standard InChI is InChI=1S/C14H23NO2/c1-6-8-12-11(2)9-7-10-15(12)13(16)17-14(3,4)5/h8H,2,6-7,9-10H2,1,3-5H3. The van der Waals surface area contributed by atoms with E-state index in [2.05, 4.69) is 13.5 Å². The number of rotatable bonds is 1. The lowest BCUT2D eigenvalue weighted by Crippen LogP contribution is -2.39. The van der Waals surface area contributed by atoms with Crippen LogP contribution in [0.1, 0.15) is 47.0 Å². The highest BCUT2D eigenvalue weighted by molar-refractivity contribution is 5.72. The van der Waals surface area contributed by atoms with Crippen molar-refractivity contribution in [3.8, 4) is 0 Å². The number of hydrogen-bond donors (Lipinski definition) is 0. The SMILES string of the molecule is C=C1CCCN(C(=O)OC(C)(C)C)C1=CCC. The van der Waals surface area contributed by atoms with Crippen LogP contribution in [0.3, 0.4) is 0 Å². The molecule has 0 aliphatic carbocycles. The zero-order valence-corrected chi connectivity index (χ0v) is 11.4. The molecule has 0 spiro atoms. The second-order valence-electron chi connectivity index (χ2n) is 5.34. The Bertz CT molecular complexity index is 337. The summed E-state index contributed by atoms with van der Waals surface area (Å²) in [7, 11) is 0. The molecule has 17 heavy (non-hydrogen) atoms. The smallest absolute Gasteiger partial charge is 0.414 e. The highest BCUT2D eigenvalue weighted by Gasteiger charge is 2.27. The lowest BCUT2D eigenvalue weighted by Gasteiger charge is -2.33. The molecule has 1 heterocycles. The number of piperidine rings is 1. The zero-order chi connectivity index (χ0) is 13.1. The van der Waals surface area contributed by atoms with Gasteiger partial charge in [-0.15, -0.1) is 0 Å². The molecule has 0 radical (unpaired) electrons. The molecule has 0 unspecified atom stereocenters. The molecule has 96 valence electrons. The number of likely N-dealkylation sites (tertiary alicyclic amines) is 1. The number of amides is 1. The Morgan fingerprint density at radius 3 is 2.71 bits per heavy atom. The molecule has 3 nitrogen and oxygen atoms in total. The Kier molecular flexibility index (Phi) is 4.38. The van der Waals surface area contributed by atoms with Gasteiger partial charge in [-0.25, -0.2) is 4.79 Å². The summed E-state index contributed by atoms with van der Waals surface area (Å²) in [6, 6.07) is 0. The zero-order valence-electron chi connectivity index (χ0n) is 11.4. The van der Waals surface area contributed by atoms with E-state index in [1.165, 1.54) is 0 Å². The van der Waals surface area contributed by atoms with Gasteiger partial charge in [0, 0.05) is 12.2 Å². The molecular weight excluding hydrogens is 214 g/mol. The van der Waals surface area contributed by atoms with Crippen molar-refractivity contribution >= 4 is 6.09 Å².